The summed E-state index contributed by atoms with van der Waals surface area (Å²) in [6.07, 6.45) is 9.78. The molecule has 12 N–H and O–H groups in total. The zero-order chi connectivity index (χ0) is 57.1. The summed E-state index contributed by atoms with van der Waals surface area (Å²) in [6, 6.07) is -1.19. The van der Waals surface area contributed by atoms with Crippen LogP contribution in [0.2, 0.25) is 0 Å². The number of nitrogens with two attached hydrogens (primary N) is 2. The Labute approximate surface area is 430 Å². The Bertz CT molecular complexity index is 1760. The van der Waals surface area contributed by atoms with Gasteiger partial charge in [0.25, 0.3) is 0 Å². The van der Waals surface area contributed by atoms with Crippen LogP contribution in [0.3, 0.4) is 0 Å². The SMILES string of the molecule is C=CC(=O)NCNC(=O)C=C.C=CC(=O)O.C=CNC=O.CCC(N)C1CC(C(=O)[O-])C(C)C(C)C(N)CC1C(CC)C(=O)[O-].CCC(NC=O)C1CC(C(=O)O)C(C)C(C)C(NC=O)CC1C(CC)C(=O)O. The number of hydrogen-bond donors (Lipinski definition) is 10. The van der Waals surface area contributed by atoms with E-state index in [1.807, 2.05) is 48.5 Å². The zero-order valence-electron chi connectivity index (χ0n) is 43.9. The van der Waals surface area contributed by atoms with E-state index in [0.717, 1.165) is 18.2 Å². The number of carbonyl (C=O) groups is 10. The number of nitrogens with one attached hydrogen (secondary N) is 5. The second-order valence-corrected chi connectivity index (χ2v) is 18.2. The lowest BCUT2D eigenvalue weighted by Gasteiger charge is -2.46. The average molecular weight is 1040 g/mol. The molecule has 0 bridgehead atoms. The molecule has 0 aromatic rings. The van der Waals surface area contributed by atoms with Crippen LogP contribution in [-0.4, -0.2) is 107 Å². The largest absolute Gasteiger partial charge is 0.550 e. The van der Waals surface area contributed by atoms with Crippen LogP contribution in [0, 0.1) is 71.0 Å². The van der Waals surface area contributed by atoms with Gasteiger partial charge in [-0.3, -0.25) is 33.6 Å². The third kappa shape index (κ3) is 25.7. The monoisotopic (exact) mass is 1040 g/mol. The predicted molar refractivity (Wildman–Crippen MR) is 270 cm³/mol. The molecule has 0 aliphatic heterocycles. The van der Waals surface area contributed by atoms with Crippen LogP contribution < -0.4 is 48.3 Å². The summed E-state index contributed by atoms with van der Waals surface area (Å²) in [5, 5.41) is 63.1. The molecule has 0 aromatic heterocycles. The quantitative estimate of drug-likeness (QED) is 0.0386. The van der Waals surface area contributed by atoms with Crippen molar-refractivity contribution in [2.24, 2.45) is 82.5 Å². The van der Waals surface area contributed by atoms with Crippen LogP contribution in [0.5, 0.6) is 0 Å². The Morgan fingerprint density at radius 3 is 1.47 bits per heavy atom. The Morgan fingerprint density at radius 2 is 1.12 bits per heavy atom. The fraction of sp³-hybridized carbons (Fsp3) is 0.647. The van der Waals surface area contributed by atoms with E-state index in [9.17, 15) is 68.4 Å². The third-order valence-electron chi connectivity index (χ3n) is 14.4. The van der Waals surface area contributed by atoms with Crippen molar-refractivity contribution in [1.82, 2.24) is 26.6 Å². The summed E-state index contributed by atoms with van der Waals surface area (Å²) < 4.78 is 0. The van der Waals surface area contributed by atoms with Gasteiger partial charge in [-0.05, 0) is 117 Å². The molecular weight excluding hydrogens is 951 g/mol. The van der Waals surface area contributed by atoms with Gasteiger partial charge in [-0.1, -0.05) is 81.7 Å². The predicted octanol–water partition coefficient (Wildman–Crippen LogP) is 0.908. The van der Waals surface area contributed by atoms with Gasteiger partial charge >= 0.3 is 17.9 Å². The van der Waals surface area contributed by atoms with Crippen molar-refractivity contribution < 1.29 is 73.5 Å². The maximum atomic E-state index is 12.0. The van der Waals surface area contributed by atoms with E-state index in [0.29, 0.717) is 70.6 Å². The first-order valence-corrected chi connectivity index (χ1v) is 24.5. The molecule has 22 heteroatoms. The minimum Gasteiger partial charge on any atom is -0.550 e. The van der Waals surface area contributed by atoms with Crippen LogP contribution in [0.25, 0.3) is 0 Å². The van der Waals surface area contributed by atoms with E-state index in [1.54, 1.807) is 6.92 Å². The maximum Gasteiger partial charge on any atom is 0.327 e. The summed E-state index contributed by atoms with van der Waals surface area (Å²) in [5.41, 5.74) is 12.6. The van der Waals surface area contributed by atoms with Gasteiger partial charge in [-0.25, -0.2) is 4.79 Å². The fourth-order valence-corrected chi connectivity index (χ4v) is 9.71. The average Bonchev–Trinajstić information content (AvgIpc) is 3.34. The fourth-order valence-electron chi connectivity index (χ4n) is 9.71. The van der Waals surface area contributed by atoms with E-state index >= 15 is 0 Å². The van der Waals surface area contributed by atoms with Gasteiger partial charge < -0.3 is 73.2 Å². The molecule has 0 spiro atoms. The number of carboxylic acid groups (broad SMARTS) is 5. The molecule has 16 atom stereocenters. The van der Waals surface area contributed by atoms with Crippen molar-refractivity contribution in [3.05, 3.63) is 50.7 Å². The lowest BCUT2D eigenvalue weighted by atomic mass is 9.62. The van der Waals surface area contributed by atoms with Gasteiger partial charge in [0.1, 0.15) is 0 Å². The lowest BCUT2D eigenvalue weighted by molar-refractivity contribution is -0.315. The second-order valence-electron chi connectivity index (χ2n) is 18.2. The third-order valence-corrected chi connectivity index (χ3v) is 14.4. The van der Waals surface area contributed by atoms with Crippen LogP contribution >= 0.6 is 0 Å². The molecule has 22 nitrogen and oxygen atoms in total. The number of amides is 5. The van der Waals surface area contributed by atoms with E-state index in [1.165, 1.54) is 6.20 Å². The highest BCUT2D eigenvalue weighted by molar-refractivity contribution is 5.89. The Hall–Kier alpha value is -6.42. The molecule has 416 valence electrons. The molecule has 0 saturated heterocycles. The van der Waals surface area contributed by atoms with Gasteiger partial charge in [0.15, 0.2) is 0 Å². The van der Waals surface area contributed by atoms with Gasteiger partial charge in [0.2, 0.25) is 31.0 Å². The van der Waals surface area contributed by atoms with Crippen LogP contribution in [0.4, 0.5) is 0 Å². The van der Waals surface area contributed by atoms with Crippen LogP contribution in [0.15, 0.2) is 50.7 Å². The smallest absolute Gasteiger partial charge is 0.327 e. The van der Waals surface area contributed by atoms with Crippen molar-refractivity contribution in [2.45, 2.75) is 131 Å². The molecular formula is C51H85N7O15-2. The molecule has 73 heavy (non-hydrogen) atoms. The number of rotatable bonds is 23. The van der Waals surface area contributed by atoms with Crippen molar-refractivity contribution in [2.75, 3.05) is 6.67 Å². The van der Waals surface area contributed by atoms with E-state index in [-0.39, 0.29) is 90.0 Å². The lowest BCUT2D eigenvalue weighted by Crippen LogP contribution is -2.52. The zero-order valence-corrected chi connectivity index (χ0v) is 43.9. The molecule has 2 rings (SSSR count). The first-order valence-electron chi connectivity index (χ1n) is 24.5. The Kier molecular flexibility index (Phi) is 38.0. The first-order chi connectivity index (χ1) is 34.3. The van der Waals surface area contributed by atoms with Crippen molar-refractivity contribution in [3.8, 4) is 0 Å². The van der Waals surface area contributed by atoms with Crippen molar-refractivity contribution >= 4 is 60.9 Å². The first kappa shape index (κ1) is 70.8. The number of hydrogen-bond acceptors (Lipinski definition) is 14. The molecule has 2 aliphatic carbocycles. The summed E-state index contributed by atoms with van der Waals surface area (Å²) >= 11 is 0. The van der Waals surface area contributed by atoms with Crippen LogP contribution in [-0.2, 0) is 47.9 Å². The highest BCUT2D eigenvalue weighted by Gasteiger charge is 2.46. The van der Waals surface area contributed by atoms with E-state index in [2.05, 4.69) is 52.9 Å². The molecule has 2 aliphatic rings. The molecule has 2 saturated carbocycles. The molecule has 0 heterocycles. The van der Waals surface area contributed by atoms with Crippen molar-refractivity contribution in [1.29, 1.82) is 0 Å². The van der Waals surface area contributed by atoms with Crippen molar-refractivity contribution in [3.63, 3.8) is 0 Å². The minimum absolute atomic E-state index is 0.0338. The Morgan fingerprint density at radius 1 is 0.630 bits per heavy atom. The standard InChI is InChI=1S/C20H34N2O6.C18H34N2O4.C7H10N2O2.C3H5NO.C3H4O2/c1-5-13(19(25)26)15-8-18(22-10-24)12(4)11(3)14(20(27)28)7-16(15)17(6-2)21-9-23;1-5-11(17(21)22)13-8-16(20)10(4)9(3)12(18(23)24)7-14(13)15(19)6-2;1-3-6(10)8-5-9-7(11)4-2;1-2-4-3-5;1-2-3(4)5/h9-18H,5-8H2,1-4H3,(H,21,23)(H,22,24)(H,25,26)(H,27,28);9-16H,5-8,19-20H2,1-4H3,(H,21,22)(H,23,24);3-4H,1-2,5H2,(H,8,10)(H,9,11);2-3H,1H2,(H,4,5);2H,1H2,(H,4,5)/p-2. The number of carbonyl (C=O) groups excluding carboxylic acids is 7. The molecule has 0 aromatic carbocycles. The molecule has 0 radical (unpaired) electrons. The normalized spacial score (nSPS) is 26.8. The van der Waals surface area contributed by atoms with Gasteiger partial charge in [-0.2, -0.15) is 0 Å². The summed E-state index contributed by atoms with van der Waals surface area (Å²) in [7, 11) is 0. The van der Waals surface area contributed by atoms with E-state index in [4.69, 9.17) is 16.6 Å². The maximum absolute atomic E-state index is 12.0. The van der Waals surface area contributed by atoms with Gasteiger partial charge in [0.05, 0.1) is 18.5 Å². The summed E-state index contributed by atoms with van der Waals surface area (Å²) in [6.45, 7) is 27.7. The molecule has 2 fully saturated rings. The highest BCUT2D eigenvalue weighted by atomic mass is 16.4. The number of aliphatic carboxylic acids is 5. The molecule has 5 amide bonds. The van der Waals surface area contributed by atoms with Gasteiger partial charge in [-0.15, -0.1) is 0 Å². The van der Waals surface area contributed by atoms with Gasteiger partial charge in [0, 0.05) is 54.0 Å². The summed E-state index contributed by atoms with van der Waals surface area (Å²) in [5.74, 6) is -10.1. The second kappa shape index (κ2) is 39.2. The Balaban J connectivity index is -0.000000974. The topological polar surface area (TPSA) is 390 Å². The summed E-state index contributed by atoms with van der Waals surface area (Å²) in [4.78, 5) is 109. The number of carboxylic acids is 5. The minimum atomic E-state index is -1.10. The highest BCUT2D eigenvalue weighted by Crippen LogP contribution is 2.44. The van der Waals surface area contributed by atoms with Crippen LogP contribution in [0.1, 0.15) is 107 Å². The molecule has 16 unspecified atom stereocenters. The van der Waals surface area contributed by atoms with E-state index < -0.39 is 53.5 Å².